The van der Waals surface area contributed by atoms with E-state index in [2.05, 4.69) is 33.4 Å². The smallest absolute Gasteiger partial charge is 0.272 e. The molecule has 4 nitrogen and oxygen atoms in total. The molecule has 0 heterocycles. The van der Waals surface area contributed by atoms with Crippen molar-refractivity contribution in [2.45, 2.75) is 27.3 Å². The highest BCUT2D eigenvalue weighted by atomic mass is 79.9. The second-order valence-corrected chi connectivity index (χ2v) is 5.89. The minimum absolute atomic E-state index is 0.164. The van der Waals surface area contributed by atoms with Crippen LogP contribution in [0.4, 0.5) is 11.4 Å². The number of halogens is 1. The maximum atomic E-state index is 11.0. The first-order valence-corrected chi connectivity index (χ1v) is 7.43. The minimum Gasteiger partial charge on any atom is -0.381 e. The van der Waals surface area contributed by atoms with E-state index < -0.39 is 0 Å². The second-order valence-electron chi connectivity index (χ2n) is 5.10. The zero-order chi connectivity index (χ0) is 15.6. The molecule has 0 aliphatic heterocycles. The molecule has 5 heteroatoms. The number of rotatable bonds is 4. The van der Waals surface area contributed by atoms with Gasteiger partial charge in [-0.3, -0.25) is 10.1 Å². The molecule has 2 rings (SSSR count). The van der Waals surface area contributed by atoms with E-state index in [1.807, 2.05) is 19.9 Å². The van der Waals surface area contributed by atoms with Gasteiger partial charge in [-0.1, -0.05) is 28.1 Å². The van der Waals surface area contributed by atoms with Crippen LogP contribution >= 0.6 is 15.9 Å². The molecule has 0 aliphatic carbocycles. The lowest BCUT2D eigenvalue weighted by Crippen LogP contribution is -2.04. The van der Waals surface area contributed by atoms with Crippen LogP contribution in [0.15, 0.2) is 34.8 Å². The highest BCUT2D eigenvalue weighted by molar-refractivity contribution is 9.10. The fourth-order valence-corrected chi connectivity index (χ4v) is 2.53. The third-order valence-electron chi connectivity index (χ3n) is 3.53. The molecule has 21 heavy (non-hydrogen) atoms. The normalized spacial score (nSPS) is 10.5. The van der Waals surface area contributed by atoms with Gasteiger partial charge in [-0.15, -0.1) is 0 Å². The van der Waals surface area contributed by atoms with Crippen LogP contribution in [-0.2, 0) is 6.54 Å². The number of hydrogen-bond donors (Lipinski definition) is 1. The summed E-state index contributed by atoms with van der Waals surface area (Å²) in [7, 11) is 0. The molecule has 0 spiro atoms. The summed E-state index contributed by atoms with van der Waals surface area (Å²) in [5.41, 5.74) is 5.14. The molecule has 0 aromatic heterocycles. The lowest BCUT2D eigenvalue weighted by molar-refractivity contribution is -0.385. The molecular weight excluding hydrogens is 332 g/mol. The van der Waals surface area contributed by atoms with Crippen molar-refractivity contribution in [3.8, 4) is 0 Å². The summed E-state index contributed by atoms with van der Waals surface area (Å²) in [6.07, 6.45) is 0. The number of nitro groups is 1. The summed E-state index contributed by atoms with van der Waals surface area (Å²) in [6, 6.07) is 9.29. The number of nitrogens with one attached hydrogen (secondary N) is 1. The Morgan fingerprint density at radius 1 is 1.19 bits per heavy atom. The Morgan fingerprint density at radius 2 is 1.81 bits per heavy atom. The zero-order valence-electron chi connectivity index (χ0n) is 12.2. The van der Waals surface area contributed by atoms with Crippen molar-refractivity contribution < 1.29 is 4.92 Å². The van der Waals surface area contributed by atoms with E-state index in [1.165, 1.54) is 6.07 Å². The molecular formula is C16H17BrN2O2. The number of aryl methyl sites for hydroxylation is 2. The first-order valence-electron chi connectivity index (χ1n) is 6.63. The molecule has 0 saturated heterocycles. The molecule has 0 unspecified atom stereocenters. The fourth-order valence-electron chi connectivity index (χ4n) is 2.30. The predicted octanol–water partition coefficient (Wildman–Crippen LogP) is 4.89. The van der Waals surface area contributed by atoms with Gasteiger partial charge in [0.25, 0.3) is 5.69 Å². The number of hydrogen-bond acceptors (Lipinski definition) is 3. The Balaban J connectivity index is 2.21. The Morgan fingerprint density at radius 3 is 2.38 bits per heavy atom. The summed E-state index contributed by atoms with van der Waals surface area (Å²) in [4.78, 5) is 10.6. The quantitative estimate of drug-likeness (QED) is 0.631. The van der Waals surface area contributed by atoms with Gasteiger partial charge in [0.2, 0.25) is 0 Å². The van der Waals surface area contributed by atoms with Gasteiger partial charge in [-0.05, 0) is 49.6 Å². The van der Waals surface area contributed by atoms with Gasteiger partial charge in [0.15, 0.2) is 0 Å². The van der Waals surface area contributed by atoms with Gasteiger partial charge in [-0.2, -0.15) is 0 Å². The number of anilines is 1. The summed E-state index contributed by atoms with van der Waals surface area (Å²) in [5.74, 6) is 0. The van der Waals surface area contributed by atoms with Crippen LogP contribution in [0.1, 0.15) is 22.3 Å². The van der Waals surface area contributed by atoms with Crippen LogP contribution < -0.4 is 5.32 Å². The van der Waals surface area contributed by atoms with E-state index in [0.717, 1.165) is 26.9 Å². The molecule has 0 atom stereocenters. The average Bonchev–Trinajstić information content (AvgIpc) is 2.43. The topological polar surface area (TPSA) is 55.2 Å². The molecule has 1 N–H and O–H groups in total. The van der Waals surface area contributed by atoms with E-state index in [9.17, 15) is 10.1 Å². The first kappa shape index (κ1) is 15.5. The van der Waals surface area contributed by atoms with Crippen LogP contribution in [0.25, 0.3) is 0 Å². The molecule has 110 valence electrons. The Bertz CT molecular complexity index is 676. The summed E-state index contributed by atoms with van der Waals surface area (Å²) in [6.45, 7) is 6.43. The van der Waals surface area contributed by atoms with E-state index in [4.69, 9.17) is 0 Å². The first-order chi connectivity index (χ1) is 9.90. The highest BCUT2D eigenvalue weighted by Crippen LogP contribution is 2.26. The molecule has 0 aliphatic rings. The van der Waals surface area contributed by atoms with Crippen molar-refractivity contribution >= 4 is 27.3 Å². The number of nitro benzene ring substituents is 1. The number of benzene rings is 2. The van der Waals surface area contributed by atoms with Gasteiger partial charge in [0, 0.05) is 28.3 Å². The minimum atomic E-state index is -0.341. The van der Waals surface area contributed by atoms with Crippen LogP contribution in [0.2, 0.25) is 0 Å². The van der Waals surface area contributed by atoms with Gasteiger partial charge in [0.1, 0.15) is 0 Å². The van der Waals surface area contributed by atoms with Crippen molar-refractivity contribution in [1.29, 1.82) is 0 Å². The molecule has 2 aromatic rings. The Labute approximate surface area is 132 Å². The van der Waals surface area contributed by atoms with Crippen molar-refractivity contribution in [2.75, 3.05) is 5.32 Å². The van der Waals surface area contributed by atoms with Crippen molar-refractivity contribution in [3.63, 3.8) is 0 Å². The maximum absolute atomic E-state index is 11.0. The monoisotopic (exact) mass is 348 g/mol. The third-order valence-corrected chi connectivity index (χ3v) is 4.78. The summed E-state index contributed by atoms with van der Waals surface area (Å²) >= 11 is 3.54. The standard InChI is InChI=1S/C16H17BrN2O2/c1-10-7-14(8-11(2)16(10)17)18-9-13-5-4-6-15(12(13)3)19(20)21/h4-8,18H,9H2,1-3H3. The van der Waals surface area contributed by atoms with Gasteiger partial charge in [-0.25, -0.2) is 0 Å². The van der Waals surface area contributed by atoms with Gasteiger partial charge >= 0.3 is 0 Å². The molecule has 2 aromatic carbocycles. The lowest BCUT2D eigenvalue weighted by atomic mass is 10.1. The molecule has 0 fully saturated rings. The highest BCUT2D eigenvalue weighted by Gasteiger charge is 2.13. The SMILES string of the molecule is Cc1cc(NCc2cccc([N+](=O)[O-])c2C)cc(C)c1Br. The van der Waals surface area contributed by atoms with Crippen LogP contribution in [0.3, 0.4) is 0 Å². The molecule has 0 amide bonds. The van der Waals surface area contributed by atoms with Crippen molar-refractivity contribution in [3.05, 3.63) is 67.2 Å². The van der Waals surface area contributed by atoms with Crippen LogP contribution in [-0.4, -0.2) is 4.92 Å². The van der Waals surface area contributed by atoms with Gasteiger partial charge in [0.05, 0.1) is 4.92 Å². The summed E-state index contributed by atoms with van der Waals surface area (Å²) in [5, 5.41) is 14.3. The average molecular weight is 349 g/mol. The van der Waals surface area contributed by atoms with Crippen molar-refractivity contribution in [2.24, 2.45) is 0 Å². The van der Waals surface area contributed by atoms with E-state index in [0.29, 0.717) is 12.1 Å². The Hall–Kier alpha value is -1.88. The van der Waals surface area contributed by atoms with Gasteiger partial charge < -0.3 is 5.32 Å². The molecule has 0 saturated carbocycles. The number of nitrogens with zero attached hydrogens (tertiary/aromatic N) is 1. The van der Waals surface area contributed by atoms with Crippen LogP contribution in [0, 0.1) is 30.9 Å². The molecule has 0 radical (unpaired) electrons. The lowest BCUT2D eigenvalue weighted by Gasteiger charge is -2.12. The zero-order valence-corrected chi connectivity index (χ0v) is 13.8. The Kier molecular flexibility index (Phi) is 4.63. The second kappa shape index (κ2) is 6.26. The largest absolute Gasteiger partial charge is 0.381 e. The predicted molar refractivity (Wildman–Crippen MR) is 88.8 cm³/mol. The molecule has 0 bridgehead atoms. The maximum Gasteiger partial charge on any atom is 0.272 e. The van der Waals surface area contributed by atoms with Crippen LogP contribution in [0.5, 0.6) is 0 Å². The van der Waals surface area contributed by atoms with E-state index >= 15 is 0 Å². The fraction of sp³-hybridized carbons (Fsp3) is 0.250. The summed E-state index contributed by atoms with van der Waals surface area (Å²) < 4.78 is 1.11. The van der Waals surface area contributed by atoms with E-state index in [1.54, 1.807) is 13.0 Å². The van der Waals surface area contributed by atoms with Crippen molar-refractivity contribution in [1.82, 2.24) is 0 Å². The van der Waals surface area contributed by atoms with E-state index in [-0.39, 0.29) is 10.6 Å². The third kappa shape index (κ3) is 3.42.